The minimum absolute atomic E-state index is 0.135. The van der Waals surface area contributed by atoms with Crippen LogP contribution < -0.4 is 5.32 Å². The van der Waals surface area contributed by atoms with Crippen LogP contribution in [0.2, 0.25) is 0 Å². The van der Waals surface area contributed by atoms with Gasteiger partial charge in [-0.3, -0.25) is 9.59 Å². The van der Waals surface area contributed by atoms with Gasteiger partial charge < -0.3 is 15.0 Å². The monoisotopic (exact) mass is 423 g/mol. The molecule has 8 nitrogen and oxygen atoms in total. The highest BCUT2D eigenvalue weighted by Crippen LogP contribution is 2.34. The molecule has 3 heterocycles. The minimum Gasteiger partial charge on any atom is -0.365 e. The molecule has 1 saturated carbocycles. The number of ether oxygens (including phenoxy) is 1. The van der Waals surface area contributed by atoms with Gasteiger partial charge in [0.2, 0.25) is 5.91 Å². The lowest BCUT2D eigenvalue weighted by Gasteiger charge is -2.45. The lowest BCUT2D eigenvalue weighted by molar-refractivity contribution is -0.156. The summed E-state index contributed by atoms with van der Waals surface area (Å²) in [7, 11) is 0. The molecule has 2 fully saturated rings. The molecule has 3 aliphatic rings. The van der Waals surface area contributed by atoms with E-state index >= 15 is 0 Å². The largest absolute Gasteiger partial charge is 0.365 e. The first-order valence-corrected chi connectivity index (χ1v) is 11.3. The molecule has 164 valence electrons. The van der Waals surface area contributed by atoms with E-state index in [4.69, 9.17) is 4.74 Å². The number of nitrogens with one attached hydrogen (secondary N) is 1. The lowest BCUT2D eigenvalue weighted by Crippen LogP contribution is -2.56. The van der Waals surface area contributed by atoms with Crippen molar-refractivity contribution in [3.05, 3.63) is 47.3 Å². The molecule has 2 aromatic rings. The molecular formula is C23H29N5O3. The molecule has 0 radical (unpaired) electrons. The number of fused-ring (bicyclic) bond motifs is 1. The fraction of sp³-hybridized carbons (Fsp3) is 0.565. The molecule has 1 unspecified atom stereocenters. The fourth-order valence-corrected chi connectivity index (χ4v) is 5.15. The zero-order valence-corrected chi connectivity index (χ0v) is 17.8. The van der Waals surface area contributed by atoms with E-state index in [9.17, 15) is 9.59 Å². The van der Waals surface area contributed by atoms with Crippen LogP contribution in [0.25, 0.3) is 0 Å². The number of rotatable bonds is 4. The summed E-state index contributed by atoms with van der Waals surface area (Å²) in [6.07, 6.45) is 6.24. The first-order chi connectivity index (χ1) is 15.1. The molecule has 1 saturated heterocycles. The van der Waals surface area contributed by atoms with Crippen molar-refractivity contribution in [2.45, 2.75) is 63.8 Å². The van der Waals surface area contributed by atoms with Gasteiger partial charge in [-0.05, 0) is 37.8 Å². The van der Waals surface area contributed by atoms with Gasteiger partial charge in [-0.15, -0.1) is 5.10 Å². The smallest absolute Gasteiger partial charge is 0.251 e. The van der Waals surface area contributed by atoms with E-state index in [1.165, 1.54) is 0 Å². The van der Waals surface area contributed by atoms with Crippen molar-refractivity contribution >= 4 is 11.8 Å². The van der Waals surface area contributed by atoms with E-state index in [1.54, 1.807) is 12.1 Å². The van der Waals surface area contributed by atoms with Crippen molar-refractivity contribution in [3.8, 4) is 0 Å². The number of piperidine rings is 1. The van der Waals surface area contributed by atoms with Crippen LogP contribution in [-0.4, -0.2) is 50.4 Å². The summed E-state index contributed by atoms with van der Waals surface area (Å²) in [5, 5.41) is 11.5. The van der Waals surface area contributed by atoms with E-state index in [-0.39, 0.29) is 11.8 Å². The van der Waals surface area contributed by atoms with Gasteiger partial charge >= 0.3 is 0 Å². The highest BCUT2D eigenvalue weighted by Gasteiger charge is 2.43. The fourth-order valence-electron chi connectivity index (χ4n) is 5.15. The van der Waals surface area contributed by atoms with Gasteiger partial charge in [0, 0.05) is 18.0 Å². The Labute approximate surface area is 181 Å². The zero-order chi connectivity index (χ0) is 21.3. The Morgan fingerprint density at radius 1 is 1.13 bits per heavy atom. The number of likely N-dealkylation sites (tertiary alicyclic amines) is 1. The van der Waals surface area contributed by atoms with Crippen LogP contribution in [0.5, 0.6) is 0 Å². The molecule has 1 aromatic carbocycles. The Bertz CT molecular complexity index is 953. The maximum Gasteiger partial charge on any atom is 0.251 e. The molecule has 31 heavy (non-hydrogen) atoms. The topological polar surface area (TPSA) is 89.3 Å². The maximum absolute atomic E-state index is 12.9. The van der Waals surface area contributed by atoms with Gasteiger partial charge in [-0.2, -0.15) is 0 Å². The SMILES string of the molecule is O=C(NCc1nnn2c1COC1(CCCN(C(=O)C3CCCC3)C1)C2)c1ccccc1. The van der Waals surface area contributed by atoms with E-state index in [0.717, 1.165) is 56.5 Å². The first-order valence-electron chi connectivity index (χ1n) is 11.3. The number of amides is 2. The van der Waals surface area contributed by atoms with Crippen LogP contribution in [0.3, 0.4) is 0 Å². The molecule has 0 bridgehead atoms. The van der Waals surface area contributed by atoms with E-state index < -0.39 is 5.60 Å². The number of carbonyl (C=O) groups is 2. The molecule has 2 amide bonds. The van der Waals surface area contributed by atoms with Gasteiger partial charge in [0.05, 0.1) is 31.9 Å². The number of carbonyl (C=O) groups excluding carboxylic acids is 2. The standard InChI is InChI=1S/C23H29N5O3/c29-21(17-7-2-1-3-8-17)24-13-19-20-14-31-23(16-28(20)26-25-19)11-6-12-27(15-23)22(30)18-9-4-5-10-18/h1-3,7-8,18H,4-6,9-16H2,(H,24,29). The number of hydrogen-bond acceptors (Lipinski definition) is 5. The predicted octanol–water partition coefficient (Wildman–Crippen LogP) is 2.29. The molecule has 2 aliphatic heterocycles. The third-order valence-electron chi connectivity index (χ3n) is 6.88. The summed E-state index contributed by atoms with van der Waals surface area (Å²) in [4.78, 5) is 27.3. The average molecular weight is 424 g/mol. The summed E-state index contributed by atoms with van der Waals surface area (Å²) in [5.74, 6) is 0.360. The normalized spacial score (nSPS) is 23.7. The number of benzene rings is 1. The van der Waals surface area contributed by atoms with Crippen molar-refractivity contribution in [2.75, 3.05) is 13.1 Å². The molecule has 1 atom stereocenters. The number of aromatic nitrogens is 3. The summed E-state index contributed by atoms with van der Waals surface area (Å²) in [6, 6.07) is 9.13. The molecule has 1 spiro atoms. The van der Waals surface area contributed by atoms with Crippen LogP contribution in [0.1, 0.15) is 60.3 Å². The van der Waals surface area contributed by atoms with Crippen LogP contribution in [-0.2, 0) is 29.2 Å². The van der Waals surface area contributed by atoms with E-state index in [0.29, 0.717) is 37.7 Å². The minimum atomic E-state index is -0.391. The van der Waals surface area contributed by atoms with Gasteiger partial charge in [-0.25, -0.2) is 4.68 Å². The Kier molecular flexibility index (Phi) is 5.48. The molecule has 1 N–H and O–H groups in total. The van der Waals surface area contributed by atoms with E-state index in [1.807, 2.05) is 27.8 Å². The van der Waals surface area contributed by atoms with Crippen molar-refractivity contribution < 1.29 is 14.3 Å². The zero-order valence-electron chi connectivity index (χ0n) is 17.8. The van der Waals surface area contributed by atoms with Crippen molar-refractivity contribution in [2.24, 2.45) is 5.92 Å². The van der Waals surface area contributed by atoms with Gasteiger partial charge in [0.15, 0.2) is 0 Å². The van der Waals surface area contributed by atoms with Crippen LogP contribution in [0.15, 0.2) is 30.3 Å². The second-order valence-corrected chi connectivity index (χ2v) is 9.01. The van der Waals surface area contributed by atoms with Crippen LogP contribution >= 0.6 is 0 Å². The van der Waals surface area contributed by atoms with Crippen molar-refractivity contribution in [3.63, 3.8) is 0 Å². The van der Waals surface area contributed by atoms with Gasteiger partial charge in [0.1, 0.15) is 11.3 Å². The molecular weight excluding hydrogens is 394 g/mol. The third-order valence-corrected chi connectivity index (χ3v) is 6.88. The van der Waals surface area contributed by atoms with E-state index in [2.05, 4.69) is 15.6 Å². The third kappa shape index (κ3) is 4.08. The number of nitrogens with zero attached hydrogens (tertiary/aromatic N) is 4. The molecule has 8 heteroatoms. The van der Waals surface area contributed by atoms with Crippen molar-refractivity contribution in [1.29, 1.82) is 0 Å². The van der Waals surface area contributed by atoms with Gasteiger partial charge in [0.25, 0.3) is 5.91 Å². The average Bonchev–Trinajstić information content (AvgIpc) is 3.47. The second kappa shape index (κ2) is 8.42. The predicted molar refractivity (Wildman–Crippen MR) is 113 cm³/mol. The second-order valence-electron chi connectivity index (χ2n) is 9.01. The maximum atomic E-state index is 12.9. The van der Waals surface area contributed by atoms with Crippen LogP contribution in [0, 0.1) is 5.92 Å². The molecule has 1 aromatic heterocycles. The Balaban J connectivity index is 1.23. The molecule has 5 rings (SSSR count). The number of hydrogen-bond donors (Lipinski definition) is 1. The van der Waals surface area contributed by atoms with Crippen molar-refractivity contribution in [1.82, 2.24) is 25.2 Å². The van der Waals surface area contributed by atoms with Crippen LogP contribution in [0.4, 0.5) is 0 Å². The Morgan fingerprint density at radius 2 is 1.94 bits per heavy atom. The highest BCUT2D eigenvalue weighted by atomic mass is 16.5. The summed E-state index contributed by atoms with van der Waals surface area (Å²) in [6.45, 7) is 2.75. The Morgan fingerprint density at radius 3 is 2.74 bits per heavy atom. The summed E-state index contributed by atoms with van der Waals surface area (Å²) >= 11 is 0. The highest BCUT2D eigenvalue weighted by molar-refractivity contribution is 5.94. The van der Waals surface area contributed by atoms with Gasteiger partial charge in [-0.1, -0.05) is 36.3 Å². The lowest BCUT2D eigenvalue weighted by atomic mass is 9.90. The molecule has 1 aliphatic carbocycles. The first kappa shape index (κ1) is 20.2. The Hall–Kier alpha value is -2.74. The summed E-state index contributed by atoms with van der Waals surface area (Å²) < 4.78 is 8.26. The summed E-state index contributed by atoms with van der Waals surface area (Å²) in [5.41, 5.74) is 1.86. The quantitative estimate of drug-likeness (QED) is 0.815.